The Morgan fingerprint density at radius 2 is 2.17 bits per heavy atom. The van der Waals surface area contributed by atoms with Crippen molar-refractivity contribution in [3.8, 4) is 0 Å². The Kier molecular flexibility index (Phi) is 4.27. The molecular weight excluding hydrogens is 304 g/mol. The minimum Gasteiger partial charge on any atom is -0.462 e. The Labute approximate surface area is 132 Å². The molecule has 0 spiro atoms. The average molecular weight is 321 g/mol. The van der Waals surface area contributed by atoms with Gasteiger partial charge in [-0.15, -0.1) is 0 Å². The highest BCUT2D eigenvalue weighted by molar-refractivity contribution is 5.94. The van der Waals surface area contributed by atoms with Crippen LogP contribution < -0.4 is 5.32 Å². The fraction of sp³-hybridized carbons (Fsp3) is 0.375. The van der Waals surface area contributed by atoms with Crippen molar-refractivity contribution in [2.24, 2.45) is 0 Å². The fourth-order valence-corrected chi connectivity index (χ4v) is 2.80. The van der Waals surface area contributed by atoms with Crippen molar-refractivity contribution in [2.45, 2.75) is 31.9 Å². The van der Waals surface area contributed by atoms with Gasteiger partial charge in [0.15, 0.2) is 0 Å². The molecule has 5 nitrogen and oxygen atoms in total. The molecule has 1 aliphatic heterocycles. The molecule has 2 aromatic rings. The van der Waals surface area contributed by atoms with Crippen LogP contribution in [-0.4, -0.2) is 28.8 Å². The summed E-state index contributed by atoms with van der Waals surface area (Å²) in [5, 5.41) is 7.12. The average Bonchev–Trinajstić information content (AvgIpc) is 2.98. The van der Waals surface area contributed by atoms with Crippen molar-refractivity contribution < 1.29 is 18.3 Å². The van der Waals surface area contributed by atoms with Gasteiger partial charge >= 0.3 is 5.97 Å². The second-order valence-corrected chi connectivity index (χ2v) is 5.32. The van der Waals surface area contributed by atoms with Gasteiger partial charge in [-0.1, -0.05) is 30.3 Å². The van der Waals surface area contributed by atoms with Gasteiger partial charge in [0.05, 0.1) is 18.8 Å². The lowest BCUT2D eigenvalue weighted by Crippen LogP contribution is -2.31. The second kappa shape index (κ2) is 6.36. The molecule has 0 saturated carbocycles. The highest BCUT2D eigenvalue weighted by atomic mass is 19.3. The molecule has 2 heterocycles. The van der Waals surface area contributed by atoms with E-state index in [1.807, 2.05) is 30.3 Å². The minimum atomic E-state index is -2.57. The molecule has 1 aromatic heterocycles. The molecule has 0 saturated heterocycles. The van der Waals surface area contributed by atoms with Crippen LogP contribution in [0.4, 0.5) is 14.6 Å². The lowest BCUT2D eigenvalue weighted by molar-refractivity contribution is 0.0521. The molecule has 7 heteroatoms. The lowest BCUT2D eigenvalue weighted by Gasteiger charge is -2.32. The van der Waals surface area contributed by atoms with Crippen LogP contribution in [0.3, 0.4) is 0 Å². The summed E-state index contributed by atoms with van der Waals surface area (Å²) in [6, 6.07) is 7.92. The molecule has 0 aliphatic carbocycles. The van der Waals surface area contributed by atoms with Crippen molar-refractivity contribution in [2.75, 3.05) is 11.9 Å². The number of fused-ring (bicyclic) bond motifs is 1. The van der Waals surface area contributed by atoms with Crippen molar-refractivity contribution in [1.29, 1.82) is 0 Å². The van der Waals surface area contributed by atoms with Crippen LogP contribution in [0.2, 0.25) is 0 Å². The van der Waals surface area contributed by atoms with Gasteiger partial charge in [0.2, 0.25) is 0 Å². The predicted molar refractivity (Wildman–Crippen MR) is 80.6 cm³/mol. The Bertz CT molecular complexity index is 688. The number of carbonyl (C=O) groups is 1. The van der Waals surface area contributed by atoms with Crippen LogP contribution >= 0.6 is 0 Å². The molecule has 2 atom stereocenters. The van der Waals surface area contributed by atoms with Gasteiger partial charge in [0.25, 0.3) is 6.43 Å². The summed E-state index contributed by atoms with van der Waals surface area (Å²) in [5.41, 5.74) is 1.07. The maximum Gasteiger partial charge on any atom is 0.343 e. The number of aromatic nitrogens is 2. The van der Waals surface area contributed by atoms with Gasteiger partial charge in [0.1, 0.15) is 17.4 Å². The highest BCUT2D eigenvalue weighted by Gasteiger charge is 2.36. The highest BCUT2D eigenvalue weighted by Crippen LogP contribution is 2.39. The first kappa shape index (κ1) is 15.5. The first-order valence-corrected chi connectivity index (χ1v) is 7.46. The van der Waals surface area contributed by atoms with Gasteiger partial charge in [-0.3, -0.25) is 0 Å². The third-order valence-electron chi connectivity index (χ3n) is 3.89. The fourth-order valence-electron chi connectivity index (χ4n) is 2.80. The van der Waals surface area contributed by atoms with Gasteiger partial charge in [-0.05, 0) is 18.9 Å². The molecule has 23 heavy (non-hydrogen) atoms. The summed E-state index contributed by atoms with van der Waals surface area (Å²) >= 11 is 0. The summed E-state index contributed by atoms with van der Waals surface area (Å²) in [4.78, 5) is 12.0. The maximum absolute atomic E-state index is 13.4. The summed E-state index contributed by atoms with van der Waals surface area (Å²) in [6.07, 6.45) is -1.10. The number of ether oxygens (including phenoxy) is 1. The van der Waals surface area contributed by atoms with Crippen LogP contribution in [0.25, 0.3) is 0 Å². The van der Waals surface area contributed by atoms with E-state index in [-0.39, 0.29) is 30.5 Å². The van der Waals surface area contributed by atoms with E-state index in [4.69, 9.17) is 4.74 Å². The standard InChI is InChI=1S/C16H17F2N3O2/c1-2-23-16(22)11-9-19-21-13(14(17)18)8-12(20-15(11)21)10-6-4-3-5-7-10/h3-7,9,12-14,20H,2,8H2,1H3/t12-,13+/m0/s1. The SMILES string of the molecule is CCOC(=O)c1cnn2c1N[C@H](c1ccccc1)C[C@@H]2C(F)F. The van der Waals surface area contributed by atoms with Crippen molar-refractivity contribution in [3.63, 3.8) is 0 Å². The Morgan fingerprint density at radius 3 is 2.83 bits per heavy atom. The van der Waals surface area contributed by atoms with E-state index in [9.17, 15) is 13.6 Å². The minimum absolute atomic E-state index is 0.179. The van der Waals surface area contributed by atoms with E-state index in [1.165, 1.54) is 10.9 Å². The quantitative estimate of drug-likeness (QED) is 0.877. The van der Waals surface area contributed by atoms with Crippen molar-refractivity contribution in [3.05, 3.63) is 47.7 Å². The summed E-state index contributed by atoms with van der Waals surface area (Å²) in [7, 11) is 0. The Morgan fingerprint density at radius 1 is 1.43 bits per heavy atom. The number of anilines is 1. The second-order valence-electron chi connectivity index (χ2n) is 5.32. The molecule has 0 bridgehead atoms. The number of hydrogen-bond donors (Lipinski definition) is 1. The number of benzene rings is 1. The normalized spacial score (nSPS) is 20.0. The Balaban J connectivity index is 1.99. The van der Waals surface area contributed by atoms with E-state index < -0.39 is 18.4 Å². The first-order chi connectivity index (χ1) is 11.1. The zero-order valence-electron chi connectivity index (χ0n) is 12.6. The molecule has 0 amide bonds. The third kappa shape index (κ3) is 2.91. The van der Waals surface area contributed by atoms with E-state index in [2.05, 4.69) is 10.4 Å². The van der Waals surface area contributed by atoms with Gasteiger partial charge in [0, 0.05) is 0 Å². The zero-order chi connectivity index (χ0) is 16.4. The zero-order valence-corrected chi connectivity index (χ0v) is 12.6. The molecule has 1 aliphatic rings. The van der Waals surface area contributed by atoms with Crippen molar-refractivity contribution >= 4 is 11.8 Å². The number of halogens is 2. The number of esters is 1. The predicted octanol–water partition coefficient (Wildman–Crippen LogP) is 3.42. The molecule has 0 radical (unpaired) electrons. The van der Waals surface area contributed by atoms with Crippen LogP contribution in [0.1, 0.15) is 41.3 Å². The largest absolute Gasteiger partial charge is 0.462 e. The van der Waals surface area contributed by atoms with E-state index in [0.717, 1.165) is 5.56 Å². The van der Waals surface area contributed by atoms with Crippen LogP contribution in [0.15, 0.2) is 36.5 Å². The molecule has 1 aromatic carbocycles. The molecule has 0 unspecified atom stereocenters. The monoisotopic (exact) mass is 321 g/mol. The maximum atomic E-state index is 13.4. The van der Waals surface area contributed by atoms with Gasteiger partial charge in [-0.25, -0.2) is 18.3 Å². The van der Waals surface area contributed by atoms with Crippen LogP contribution in [0.5, 0.6) is 0 Å². The summed E-state index contributed by atoms with van der Waals surface area (Å²) < 4.78 is 33.0. The summed E-state index contributed by atoms with van der Waals surface area (Å²) in [6.45, 7) is 1.90. The topological polar surface area (TPSA) is 56.1 Å². The smallest absolute Gasteiger partial charge is 0.343 e. The summed E-state index contributed by atoms with van der Waals surface area (Å²) in [5.74, 6) is -0.281. The first-order valence-electron chi connectivity index (χ1n) is 7.46. The molecule has 1 N–H and O–H groups in total. The third-order valence-corrected chi connectivity index (χ3v) is 3.89. The van der Waals surface area contributed by atoms with Crippen molar-refractivity contribution in [1.82, 2.24) is 9.78 Å². The Hall–Kier alpha value is -2.44. The molecular formula is C16H17F2N3O2. The number of nitrogens with one attached hydrogen (secondary N) is 1. The number of rotatable bonds is 4. The van der Waals surface area contributed by atoms with Crippen LogP contribution in [0, 0.1) is 0 Å². The van der Waals surface area contributed by atoms with E-state index >= 15 is 0 Å². The van der Waals surface area contributed by atoms with Gasteiger partial charge < -0.3 is 10.1 Å². The van der Waals surface area contributed by atoms with Crippen LogP contribution in [-0.2, 0) is 4.74 Å². The molecule has 0 fully saturated rings. The lowest BCUT2D eigenvalue weighted by atomic mass is 9.97. The number of hydrogen-bond acceptors (Lipinski definition) is 4. The van der Waals surface area contributed by atoms with Gasteiger partial charge in [-0.2, -0.15) is 5.10 Å². The number of nitrogens with zero attached hydrogens (tertiary/aromatic N) is 2. The van der Waals surface area contributed by atoms with E-state index in [0.29, 0.717) is 0 Å². The number of alkyl halides is 2. The molecule has 3 rings (SSSR count). The van der Waals surface area contributed by atoms with E-state index in [1.54, 1.807) is 6.92 Å². The molecule has 122 valence electrons. The number of carbonyl (C=O) groups excluding carboxylic acids is 1.